The second kappa shape index (κ2) is 7.05. The Morgan fingerprint density at radius 2 is 2.12 bits per heavy atom. The van der Waals surface area contributed by atoms with E-state index in [0.717, 1.165) is 32.3 Å². The molecule has 3 nitrogen and oxygen atoms in total. The maximum Gasteiger partial charge on any atom is 0.0848 e. The second-order valence-corrected chi connectivity index (χ2v) is 4.64. The lowest BCUT2D eigenvalue weighted by atomic mass is 9.77. The summed E-state index contributed by atoms with van der Waals surface area (Å²) < 4.78 is 6.04. The number of hydrogen-bond acceptors (Lipinski definition) is 3. The zero-order valence-electron chi connectivity index (χ0n) is 10.5. The van der Waals surface area contributed by atoms with Crippen molar-refractivity contribution in [3.05, 3.63) is 12.7 Å². The van der Waals surface area contributed by atoms with Crippen molar-refractivity contribution in [2.45, 2.75) is 63.5 Å². The van der Waals surface area contributed by atoms with Gasteiger partial charge in [0, 0.05) is 6.61 Å². The van der Waals surface area contributed by atoms with E-state index in [4.69, 9.17) is 10.6 Å². The molecule has 3 N–H and O–H groups in total. The molecule has 0 aromatic carbocycles. The van der Waals surface area contributed by atoms with Gasteiger partial charge in [-0.05, 0) is 32.6 Å². The topological polar surface area (TPSA) is 47.3 Å². The zero-order valence-corrected chi connectivity index (χ0v) is 10.5. The Kier molecular flexibility index (Phi) is 6.03. The Labute approximate surface area is 99.4 Å². The van der Waals surface area contributed by atoms with Crippen LogP contribution in [-0.4, -0.2) is 18.2 Å². The lowest BCUT2D eigenvalue weighted by molar-refractivity contribution is -0.0913. The molecule has 3 heteroatoms. The van der Waals surface area contributed by atoms with Gasteiger partial charge in [-0.3, -0.25) is 11.3 Å². The Bertz CT molecular complexity index is 195. The molecule has 16 heavy (non-hydrogen) atoms. The number of rotatable bonds is 7. The first kappa shape index (κ1) is 13.7. The predicted octanol–water partition coefficient (Wildman–Crippen LogP) is 2.52. The third-order valence-corrected chi connectivity index (χ3v) is 3.63. The van der Waals surface area contributed by atoms with Crippen LogP contribution in [0, 0.1) is 0 Å². The number of nitrogens with two attached hydrogens (primary N) is 1. The van der Waals surface area contributed by atoms with Crippen molar-refractivity contribution in [3.63, 3.8) is 0 Å². The summed E-state index contributed by atoms with van der Waals surface area (Å²) in [5.74, 6) is 5.70. The first-order valence-electron chi connectivity index (χ1n) is 6.50. The van der Waals surface area contributed by atoms with Crippen LogP contribution in [-0.2, 0) is 4.74 Å². The van der Waals surface area contributed by atoms with Crippen LogP contribution in [0.2, 0.25) is 0 Å². The summed E-state index contributed by atoms with van der Waals surface area (Å²) in [5.41, 5.74) is 2.92. The van der Waals surface area contributed by atoms with Gasteiger partial charge in [-0.1, -0.05) is 25.3 Å². The fourth-order valence-corrected chi connectivity index (χ4v) is 2.81. The Balaban J connectivity index is 2.66. The van der Waals surface area contributed by atoms with Gasteiger partial charge in [0.1, 0.15) is 0 Å². The molecule has 0 aliphatic heterocycles. The standard InChI is InChI=1S/C13H26N2O/c1-3-5-9-12(15-14)13(16-4-2)10-7-6-8-11-13/h3,12,15H,1,4-11,14H2,2H3. The summed E-state index contributed by atoms with van der Waals surface area (Å²) >= 11 is 0. The average Bonchev–Trinajstić information content (AvgIpc) is 2.31. The van der Waals surface area contributed by atoms with Crippen molar-refractivity contribution in [2.24, 2.45) is 5.84 Å². The van der Waals surface area contributed by atoms with Crippen LogP contribution >= 0.6 is 0 Å². The Morgan fingerprint density at radius 3 is 2.62 bits per heavy atom. The fraction of sp³-hybridized carbons (Fsp3) is 0.846. The largest absolute Gasteiger partial charge is 0.374 e. The van der Waals surface area contributed by atoms with Crippen LogP contribution < -0.4 is 11.3 Å². The summed E-state index contributed by atoms with van der Waals surface area (Å²) in [4.78, 5) is 0. The van der Waals surface area contributed by atoms with E-state index in [2.05, 4.69) is 18.9 Å². The molecule has 1 saturated carbocycles. The molecule has 0 saturated heterocycles. The van der Waals surface area contributed by atoms with Crippen molar-refractivity contribution in [1.29, 1.82) is 0 Å². The second-order valence-electron chi connectivity index (χ2n) is 4.64. The maximum atomic E-state index is 6.04. The Hall–Kier alpha value is -0.380. The van der Waals surface area contributed by atoms with Crippen LogP contribution in [0.1, 0.15) is 51.9 Å². The van der Waals surface area contributed by atoms with E-state index >= 15 is 0 Å². The van der Waals surface area contributed by atoms with Crippen molar-refractivity contribution in [1.82, 2.24) is 5.43 Å². The van der Waals surface area contributed by atoms with Crippen molar-refractivity contribution in [3.8, 4) is 0 Å². The van der Waals surface area contributed by atoms with Gasteiger partial charge < -0.3 is 4.74 Å². The first-order valence-corrected chi connectivity index (χ1v) is 6.50. The highest BCUT2D eigenvalue weighted by Gasteiger charge is 2.39. The lowest BCUT2D eigenvalue weighted by Crippen LogP contribution is -2.55. The van der Waals surface area contributed by atoms with Gasteiger partial charge in [-0.25, -0.2) is 0 Å². The molecule has 0 aromatic rings. The minimum atomic E-state index is -0.0369. The van der Waals surface area contributed by atoms with E-state index in [-0.39, 0.29) is 11.6 Å². The predicted molar refractivity (Wildman–Crippen MR) is 68.0 cm³/mol. The van der Waals surface area contributed by atoms with Gasteiger partial charge in [-0.15, -0.1) is 6.58 Å². The molecule has 0 heterocycles. The van der Waals surface area contributed by atoms with E-state index in [1.54, 1.807) is 0 Å². The molecule has 1 unspecified atom stereocenters. The molecular weight excluding hydrogens is 200 g/mol. The zero-order chi connectivity index (χ0) is 11.9. The summed E-state index contributed by atoms with van der Waals surface area (Å²) in [6.45, 7) is 6.61. The lowest BCUT2D eigenvalue weighted by Gasteiger charge is -2.43. The SMILES string of the molecule is C=CCCC(NN)C1(OCC)CCCCC1. The number of nitrogens with one attached hydrogen (secondary N) is 1. The summed E-state index contributed by atoms with van der Waals surface area (Å²) in [7, 11) is 0. The highest BCUT2D eigenvalue weighted by molar-refractivity contribution is 4.95. The molecule has 1 aliphatic carbocycles. The van der Waals surface area contributed by atoms with Crippen molar-refractivity contribution < 1.29 is 4.74 Å². The van der Waals surface area contributed by atoms with E-state index in [1.165, 1.54) is 19.3 Å². The van der Waals surface area contributed by atoms with E-state index < -0.39 is 0 Å². The maximum absolute atomic E-state index is 6.04. The highest BCUT2D eigenvalue weighted by atomic mass is 16.5. The minimum absolute atomic E-state index is 0.0369. The number of hydrogen-bond donors (Lipinski definition) is 2. The normalized spacial score (nSPS) is 21.6. The van der Waals surface area contributed by atoms with Crippen LogP contribution in [0.4, 0.5) is 0 Å². The molecular formula is C13H26N2O. The van der Waals surface area contributed by atoms with E-state index in [1.807, 2.05) is 6.08 Å². The smallest absolute Gasteiger partial charge is 0.0848 e. The average molecular weight is 226 g/mol. The summed E-state index contributed by atoms with van der Waals surface area (Å²) in [6, 6.07) is 0.255. The van der Waals surface area contributed by atoms with Crippen LogP contribution in [0.3, 0.4) is 0 Å². The molecule has 0 radical (unpaired) electrons. The van der Waals surface area contributed by atoms with Gasteiger partial charge in [-0.2, -0.15) is 0 Å². The number of hydrazine groups is 1. The summed E-state index contributed by atoms with van der Waals surface area (Å²) in [6.07, 6.45) is 10.1. The van der Waals surface area contributed by atoms with Gasteiger partial charge in [0.2, 0.25) is 0 Å². The van der Waals surface area contributed by atoms with Gasteiger partial charge >= 0.3 is 0 Å². The monoisotopic (exact) mass is 226 g/mol. The highest BCUT2D eigenvalue weighted by Crippen LogP contribution is 2.35. The Morgan fingerprint density at radius 1 is 1.44 bits per heavy atom. The van der Waals surface area contributed by atoms with Crippen molar-refractivity contribution >= 4 is 0 Å². The number of allylic oxidation sites excluding steroid dienone is 1. The van der Waals surface area contributed by atoms with Crippen LogP contribution in [0.5, 0.6) is 0 Å². The fourth-order valence-electron chi connectivity index (χ4n) is 2.81. The van der Waals surface area contributed by atoms with Gasteiger partial charge in [0.25, 0.3) is 0 Å². The number of ether oxygens (including phenoxy) is 1. The van der Waals surface area contributed by atoms with Gasteiger partial charge in [0.05, 0.1) is 11.6 Å². The molecule has 94 valence electrons. The minimum Gasteiger partial charge on any atom is -0.374 e. The van der Waals surface area contributed by atoms with E-state index in [0.29, 0.717) is 0 Å². The summed E-state index contributed by atoms with van der Waals surface area (Å²) in [5, 5.41) is 0. The third kappa shape index (κ3) is 3.30. The van der Waals surface area contributed by atoms with Gasteiger partial charge in [0.15, 0.2) is 0 Å². The van der Waals surface area contributed by atoms with Crippen LogP contribution in [0.25, 0.3) is 0 Å². The molecule has 0 amide bonds. The molecule has 1 fully saturated rings. The van der Waals surface area contributed by atoms with E-state index in [9.17, 15) is 0 Å². The quantitative estimate of drug-likeness (QED) is 0.398. The van der Waals surface area contributed by atoms with Crippen LogP contribution in [0.15, 0.2) is 12.7 Å². The molecule has 1 aliphatic rings. The molecule has 1 atom stereocenters. The molecule has 0 bridgehead atoms. The van der Waals surface area contributed by atoms with Crippen molar-refractivity contribution in [2.75, 3.05) is 6.61 Å². The molecule has 0 spiro atoms. The molecule has 1 rings (SSSR count). The molecule has 0 aromatic heterocycles. The first-order chi connectivity index (χ1) is 7.79. The third-order valence-electron chi connectivity index (χ3n) is 3.63.